The summed E-state index contributed by atoms with van der Waals surface area (Å²) in [6.45, 7) is 6.15. The minimum Gasteiger partial charge on any atom is -0.467 e. The third-order valence-corrected chi connectivity index (χ3v) is 4.28. The number of methoxy groups -OCH3 is 1. The number of rotatable bonds is 8. The van der Waals surface area contributed by atoms with Crippen LogP contribution in [0.15, 0.2) is 0 Å². The van der Waals surface area contributed by atoms with E-state index in [1.165, 1.54) is 7.11 Å². The highest BCUT2D eigenvalue weighted by Crippen LogP contribution is 2.18. The molecule has 26 heavy (non-hydrogen) atoms. The van der Waals surface area contributed by atoms with Gasteiger partial charge in [-0.1, -0.05) is 20.8 Å². The molecule has 0 spiro atoms. The molecule has 0 bridgehead atoms. The van der Waals surface area contributed by atoms with Crippen molar-refractivity contribution in [3.8, 4) is 0 Å². The van der Waals surface area contributed by atoms with E-state index in [1.807, 2.05) is 13.8 Å². The highest BCUT2D eigenvalue weighted by molar-refractivity contribution is 5.86. The maximum atomic E-state index is 12.2. The van der Waals surface area contributed by atoms with Crippen molar-refractivity contribution < 1.29 is 28.7 Å². The van der Waals surface area contributed by atoms with Gasteiger partial charge in [0.2, 0.25) is 5.91 Å². The van der Waals surface area contributed by atoms with Gasteiger partial charge in [0.15, 0.2) is 6.61 Å². The van der Waals surface area contributed by atoms with Crippen LogP contribution >= 0.6 is 0 Å². The van der Waals surface area contributed by atoms with Crippen molar-refractivity contribution in [1.29, 1.82) is 0 Å². The van der Waals surface area contributed by atoms with Gasteiger partial charge in [0, 0.05) is 19.5 Å². The molecule has 1 saturated heterocycles. The molecule has 1 heterocycles. The molecule has 0 aliphatic carbocycles. The van der Waals surface area contributed by atoms with E-state index in [0.29, 0.717) is 32.4 Å². The number of amides is 2. The molecule has 1 fully saturated rings. The van der Waals surface area contributed by atoms with Crippen LogP contribution < -0.4 is 5.32 Å². The second kappa shape index (κ2) is 10.8. The minimum atomic E-state index is -0.765. The number of hydrogen-bond donors (Lipinski definition) is 1. The van der Waals surface area contributed by atoms with E-state index in [4.69, 9.17) is 4.74 Å². The molecule has 1 aliphatic heterocycles. The summed E-state index contributed by atoms with van der Waals surface area (Å²) in [5.41, 5.74) is 0. The van der Waals surface area contributed by atoms with Gasteiger partial charge in [-0.3, -0.25) is 14.4 Å². The first-order valence-electron chi connectivity index (χ1n) is 9.10. The molecule has 0 aromatic carbocycles. The summed E-state index contributed by atoms with van der Waals surface area (Å²) in [5.74, 6) is -1.79. The van der Waals surface area contributed by atoms with E-state index in [0.717, 1.165) is 6.42 Å². The maximum Gasteiger partial charge on any atom is 0.328 e. The fourth-order valence-electron chi connectivity index (χ4n) is 2.94. The van der Waals surface area contributed by atoms with Crippen molar-refractivity contribution >= 4 is 23.8 Å². The van der Waals surface area contributed by atoms with Gasteiger partial charge in [0.25, 0.3) is 5.91 Å². The number of nitrogens with zero attached hydrogens (tertiary/aromatic N) is 1. The number of carbonyl (C=O) groups excluding carboxylic acids is 4. The Labute approximate surface area is 154 Å². The van der Waals surface area contributed by atoms with Crippen molar-refractivity contribution in [3.05, 3.63) is 0 Å². The average molecular weight is 370 g/mol. The molecule has 2 unspecified atom stereocenters. The summed E-state index contributed by atoms with van der Waals surface area (Å²) >= 11 is 0. The molecule has 0 saturated carbocycles. The summed E-state index contributed by atoms with van der Waals surface area (Å²) in [7, 11) is 1.26. The lowest BCUT2D eigenvalue weighted by Gasteiger charge is -2.31. The summed E-state index contributed by atoms with van der Waals surface area (Å²) in [4.78, 5) is 49.3. The minimum absolute atomic E-state index is 0.00912. The number of ether oxygens (including phenoxy) is 2. The Hall–Kier alpha value is -2.12. The van der Waals surface area contributed by atoms with Gasteiger partial charge in [0.05, 0.1) is 13.0 Å². The lowest BCUT2D eigenvalue weighted by atomic mass is 9.98. The zero-order valence-electron chi connectivity index (χ0n) is 16.1. The van der Waals surface area contributed by atoms with Crippen LogP contribution in [-0.2, 0) is 28.7 Å². The molecule has 2 atom stereocenters. The molecule has 148 valence electrons. The first-order chi connectivity index (χ1) is 12.3. The van der Waals surface area contributed by atoms with E-state index in [2.05, 4.69) is 10.1 Å². The molecular formula is C18H30N2O6. The Morgan fingerprint density at radius 2 is 1.92 bits per heavy atom. The normalized spacial score (nSPS) is 18.2. The fraction of sp³-hybridized carbons (Fsp3) is 0.778. The molecule has 0 aromatic rings. The molecule has 1 N–H and O–H groups in total. The molecule has 0 radical (unpaired) electrons. The number of nitrogens with one attached hydrogen (secondary N) is 1. The predicted octanol–water partition coefficient (Wildman–Crippen LogP) is 0.882. The Balaban J connectivity index is 2.48. The van der Waals surface area contributed by atoms with E-state index >= 15 is 0 Å². The van der Waals surface area contributed by atoms with Crippen molar-refractivity contribution in [2.75, 3.05) is 26.8 Å². The molecule has 1 aliphatic rings. The van der Waals surface area contributed by atoms with Gasteiger partial charge in [0.1, 0.15) is 6.04 Å². The second-order valence-electron chi connectivity index (χ2n) is 6.91. The largest absolute Gasteiger partial charge is 0.467 e. The van der Waals surface area contributed by atoms with Crippen LogP contribution in [0.25, 0.3) is 0 Å². The van der Waals surface area contributed by atoms with Gasteiger partial charge in [-0.05, 0) is 25.2 Å². The predicted molar refractivity (Wildman–Crippen MR) is 94.0 cm³/mol. The van der Waals surface area contributed by atoms with Crippen LogP contribution in [0.4, 0.5) is 0 Å². The number of likely N-dealkylation sites (tertiary alicyclic amines) is 1. The summed E-state index contributed by atoms with van der Waals surface area (Å²) < 4.78 is 9.76. The Bertz CT molecular complexity index is 520. The summed E-state index contributed by atoms with van der Waals surface area (Å²) in [6.07, 6.45) is 2.20. The molecule has 8 nitrogen and oxygen atoms in total. The van der Waals surface area contributed by atoms with Crippen molar-refractivity contribution in [2.45, 2.75) is 52.5 Å². The molecule has 2 amide bonds. The van der Waals surface area contributed by atoms with Crippen LogP contribution in [-0.4, -0.2) is 61.5 Å². The lowest BCUT2D eigenvalue weighted by Crippen LogP contribution is -2.45. The van der Waals surface area contributed by atoms with Gasteiger partial charge in [-0.25, -0.2) is 4.79 Å². The Morgan fingerprint density at radius 1 is 1.23 bits per heavy atom. The van der Waals surface area contributed by atoms with E-state index in [1.54, 1.807) is 11.8 Å². The Kier molecular flexibility index (Phi) is 9.09. The molecule has 8 heteroatoms. The molecule has 0 aromatic heterocycles. The van der Waals surface area contributed by atoms with E-state index in [-0.39, 0.29) is 11.8 Å². The number of piperidine rings is 1. The van der Waals surface area contributed by atoms with Crippen molar-refractivity contribution in [1.82, 2.24) is 10.2 Å². The zero-order chi connectivity index (χ0) is 19.7. The summed E-state index contributed by atoms with van der Waals surface area (Å²) in [5, 5.41) is 2.54. The van der Waals surface area contributed by atoms with Gasteiger partial charge < -0.3 is 19.7 Å². The Morgan fingerprint density at radius 3 is 2.50 bits per heavy atom. The average Bonchev–Trinajstić information content (AvgIpc) is 2.63. The maximum absolute atomic E-state index is 12.2. The highest BCUT2D eigenvalue weighted by Gasteiger charge is 2.29. The highest BCUT2D eigenvalue weighted by atomic mass is 16.5. The van der Waals surface area contributed by atoms with Gasteiger partial charge in [-0.15, -0.1) is 0 Å². The zero-order valence-corrected chi connectivity index (χ0v) is 16.1. The van der Waals surface area contributed by atoms with Crippen LogP contribution in [0.1, 0.15) is 46.5 Å². The topological polar surface area (TPSA) is 102 Å². The van der Waals surface area contributed by atoms with E-state index in [9.17, 15) is 19.2 Å². The summed E-state index contributed by atoms with van der Waals surface area (Å²) in [6, 6.07) is -0.765. The smallest absolute Gasteiger partial charge is 0.328 e. The van der Waals surface area contributed by atoms with Gasteiger partial charge >= 0.3 is 11.9 Å². The number of esters is 2. The number of hydrogen-bond acceptors (Lipinski definition) is 6. The van der Waals surface area contributed by atoms with Crippen molar-refractivity contribution in [2.24, 2.45) is 11.8 Å². The number of carbonyl (C=O) groups is 4. The quantitative estimate of drug-likeness (QED) is 0.637. The second-order valence-corrected chi connectivity index (χ2v) is 6.91. The first kappa shape index (κ1) is 21.9. The lowest BCUT2D eigenvalue weighted by molar-refractivity contribution is -0.156. The molecule has 1 rings (SSSR count). The van der Waals surface area contributed by atoms with Crippen LogP contribution in [0.3, 0.4) is 0 Å². The first-order valence-corrected chi connectivity index (χ1v) is 9.10. The van der Waals surface area contributed by atoms with Crippen molar-refractivity contribution in [3.63, 3.8) is 0 Å². The van der Waals surface area contributed by atoms with Crippen LogP contribution in [0.5, 0.6) is 0 Å². The van der Waals surface area contributed by atoms with Crippen LogP contribution in [0.2, 0.25) is 0 Å². The van der Waals surface area contributed by atoms with E-state index < -0.39 is 36.4 Å². The van der Waals surface area contributed by atoms with Crippen LogP contribution in [0, 0.1) is 11.8 Å². The monoisotopic (exact) mass is 370 g/mol. The third-order valence-electron chi connectivity index (χ3n) is 4.28. The standard InChI is InChI=1S/C18H30N2O6/c1-5-16(22)20-8-6-7-13(10-20)17(23)26-11-15(21)19-14(9-12(2)3)18(24)25-4/h12-14H,5-11H2,1-4H3,(H,19,21). The fourth-order valence-corrected chi connectivity index (χ4v) is 2.94. The molecular weight excluding hydrogens is 340 g/mol. The SMILES string of the molecule is CCC(=O)N1CCCC(C(=O)OCC(=O)NC(CC(C)C)C(=O)OC)C1. The third kappa shape index (κ3) is 7.01. The van der Waals surface area contributed by atoms with Gasteiger partial charge in [-0.2, -0.15) is 0 Å².